The van der Waals surface area contributed by atoms with Crippen LogP contribution < -0.4 is 11.1 Å². The number of hydrogen-bond acceptors (Lipinski definition) is 7. The highest BCUT2D eigenvalue weighted by Crippen LogP contribution is 2.43. The first-order chi connectivity index (χ1) is 25.3. The van der Waals surface area contributed by atoms with Crippen LogP contribution in [0.5, 0.6) is 0 Å². The highest BCUT2D eigenvalue weighted by atomic mass is 31.2. The smallest absolute Gasteiger partial charge is 0.393 e. The number of carbonyl (C=O) groups is 1. The molecular weight excluding hydrogens is 675 g/mol. The van der Waals surface area contributed by atoms with E-state index in [1.54, 1.807) is 6.08 Å². The minimum Gasteiger partial charge on any atom is -0.393 e. The molecule has 0 bridgehead atoms. The van der Waals surface area contributed by atoms with Crippen LogP contribution in [-0.2, 0) is 18.4 Å². The Morgan fingerprint density at radius 2 is 1.08 bits per heavy atom. The number of unbranched alkanes of at least 4 members (excludes halogenated alkanes) is 24. The Labute approximate surface area is 320 Å². The van der Waals surface area contributed by atoms with Crippen LogP contribution in [0.25, 0.3) is 0 Å². The van der Waals surface area contributed by atoms with Crippen molar-refractivity contribution in [2.45, 2.75) is 218 Å². The Hall–Kier alpha value is -1.06. The topological polar surface area (TPSA) is 151 Å². The lowest BCUT2D eigenvalue weighted by atomic mass is 10.0. The molecule has 52 heavy (non-hydrogen) atoms. The van der Waals surface area contributed by atoms with Gasteiger partial charge in [-0.15, -0.1) is 0 Å². The summed E-state index contributed by atoms with van der Waals surface area (Å²) in [6, 6.07) is -0.984. The maximum Gasteiger partial charge on any atom is 0.472 e. The number of aliphatic hydroxyl groups excluding tert-OH is 2. The van der Waals surface area contributed by atoms with E-state index in [0.29, 0.717) is 6.42 Å². The number of phosphoric ester groups is 1. The van der Waals surface area contributed by atoms with E-state index in [-0.39, 0.29) is 19.6 Å². The summed E-state index contributed by atoms with van der Waals surface area (Å²) in [4.78, 5) is 22.7. The van der Waals surface area contributed by atoms with Gasteiger partial charge in [-0.3, -0.25) is 13.8 Å². The summed E-state index contributed by atoms with van der Waals surface area (Å²) in [5, 5.41) is 24.0. The molecule has 0 aliphatic heterocycles. The minimum absolute atomic E-state index is 0.0482. The first-order valence-electron chi connectivity index (χ1n) is 21.5. The van der Waals surface area contributed by atoms with Crippen LogP contribution in [-0.4, -0.2) is 59.0 Å². The number of aliphatic hydroxyl groups is 2. The molecule has 9 nitrogen and oxygen atoms in total. The molecule has 0 radical (unpaired) electrons. The monoisotopic (exact) mass is 759 g/mol. The minimum atomic E-state index is -4.40. The van der Waals surface area contributed by atoms with E-state index in [0.717, 1.165) is 51.4 Å². The Bertz CT molecular complexity index is 888. The number of allylic oxidation sites excluding steroid dienone is 3. The maximum absolute atomic E-state index is 12.8. The Morgan fingerprint density at radius 3 is 1.54 bits per heavy atom. The summed E-state index contributed by atoms with van der Waals surface area (Å²) >= 11 is 0. The Balaban J connectivity index is 4.35. The molecule has 0 fully saturated rings. The van der Waals surface area contributed by atoms with Gasteiger partial charge in [0.15, 0.2) is 0 Å². The molecule has 0 spiro atoms. The zero-order valence-electron chi connectivity index (χ0n) is 33.7. The second-order valence-corrected chi connectivity index (χ2v) is 16.2. The second kappa shape index (κ2) is 38.2. The van der Waals surface area contributed by atoms with Crippen LogP contribution in [0, 0.1) is 0 Å². The van der Waals surface area contributed by atoms with Crippen molar-refractivity contribution < 1.29 is 33.5 Å². The third-order valence-electron chi connectivity index (χ3n) is 9.58. The quantitative estimate of drug-likeness (QED) is 0.0235. The molecule has 4 unspecified atom stereocenters. The van der Waals surface area contributed by atoms with E-state index in [4.69, 9.17) is 14.8 Å². The van der Waals surface area contributed by atoms with E-state index in [9.17, 15) is 24.5 Å². The van der Waals surface area contributed by atoms with Crippen molar-refractivity contribution in [1.82, 2.24) is 5.32 Å². The molecule has 0 rings (SSSR count). The molecule has 4 atom stereocenters. The van der Waals surface area contributed by atoms with E-state index in [2.05, 4.69) is 31.3 Å². The average molecular weight is 759 g/mol. The largest absolute Gasteiger partial charge is 0.472 e. The van der Waals surface area contributed by atoms with Gasteiger partial charge >= 0.3 is 7.82 Å². The molecule has 0 saturated heterocycles. The Kier molecular flexibility index (Phi) is 37.4. The fourth-order valence-corrected chi connectivity index (χ4v) is 7.05. The first kappa shape index (κ1) is 50.9. The normalized spacial score (nSPS) is 15.0. The molecule has 0 aromatic rings. The summed E-state index contributed by atoms with van der Waals surface area (Å²) in [7, 11) is -4.40. The van der Waals surface area contributed by atoms with Gasteiger partial charge in [-0.1, -0.05) is 173 Å². The summed E-state index contributed by atoms with van der Waals surface area (Å²) < 4.78 is 22.0. The van der Waals surface area contributed by atoms with Crippen LogP contribution in [0.1, 0.15) is 200 Å². The lowest BCUT2D eigenvalue weighted by Gasteiger charge is -2.24. The lowest BCUT2D eigenvalue weighted by Crippen LogP contribution is -2.46. The highest BCUT2D eigenvalue weighted by Gasteiger charge is 2.27. The van der Waals surface area contributed by atoms with Gasteiger partial charge in [0.05, 0.1) is 37.9 Å². The number of rotatable bonds is 40. The zero-order chi connectivity index (χ0) is 38.4. The second-order valence-electron chi connectivity index (χ2n) is 14.7. The molecule has 0 heterocycles. The van der Waals surface area contributed by atoms with Gasteiger partial charge in [0.25, 0.3) is 0 Å². The fourth-order valence-electron chi connectivity index (χ4n) is 6.29. The van der Waals surface area contributed by atoms with Crippen LogP contribution in [0.3, 0.4) is 0 Å². The average Bonchev–Trinajstić information content (AvgIpc) is 3.12. The van der Waals surface area contributed by atoms with Crippen LogP contribution in [0.2, 0.25) is 0 Å². The van der Waals surface area contributed by atoms with Gasteiger partial charge in [-0.25, -0.2) is 4.57 Å². The van der Waals surface area contributed by atoms with Gasteiger partial charge in [0.2, 0.25) is 5.91 Å². The fraction of sp³-hybridized carbons (Fsp3) is 0.881. The number of amides is 1. The van der Waals surface area contributed by atoms with Gasteiger partial charge in [-0.05, 0) is 44.9 Å². The predicted molar refractivity (Wildman–Crippen MR) is 218 cm³/mol. The lowest BCUT2D eigenvalue weighted by molar-refractivity contribution is -0.124. The molecule has 1 amide bonds. The third kappa shape index (κ3) is 35.9. The number of hydrogen-bond donors (Lipinski definition) is 5. The molecule has 308 valence electrons. The SMILES string of the molecule is CCCCCCCCCCC/C=C\CCCCCC(O)CC(=O)NC(COP(=O)(O)OCCN)C(O)/C=C/CCCCCCCCCCCCCC. The number of nitrogens with one attached hydrogen (secondary N) is 1. The number of phosphoric acid groups is 1. The van der Waals surface area contributed by atoms with Crippen LogP contribution >= 0.6 is 7.82 Å². The molecule has 10 heteroatoms. The van der Waals surface area contributed by atoms with Crippen molar-refractivity contribution in [2.75, 3.05) is 19.8 Å². The molecule has 0 aromatic heterocycles. The molecule has 0 aromatic carbocycles. The van der Waals surface area contributed by atoms with Gasteiger partial charge in [0, 0.05) is 6.54 Å². The summed E-state index contributed by atoms with van der Waals surface area (Å²) in [5.41, 5.74) is 5.36. The van der Waals surface area contributed by atoms with E-state index < -0.39 is 38.6 Å². The van der Waals surface area contributed by atoms with Crippen LogP contribution in [0.15, 0.2) is 24.3 Å². The predicted octanol–water partition coefficient (Wildman–Crippen LogP) is 10.8. The van der Waals surface area contributed by atoms with Crippen molar-refractivity contribution in [1.29, 1.82) is 0 Å². The summed E-state index contributed by atoms with van der Waals surface area (Å²) in [6.45, 7) is 3.96. The van der Waals surface area contributed by atoms with Gasteiger partial charge < -0.3 is 26.2 Å². The molecule has 0 saturated carbocycles. The van der Waals surface area contributed by atoms with E-state index in [1.165, 1.54) is 122 Å². The molecule has 6 N–H and O–H groups in total. The third-order valence-corrected chi connectivity index (χ3v) is 10.6. The van der Waals surface area contributed by atoms with Gasteiger partial charge in [0.1, 0.15) is 0 Å². The Morgan fingerprint density at radius 1 is 0.654 bits per heavy atom. The van der Waals surface area contributed by atoms with Gasteiger partial charge in [-0.2, -0.15) is 0 Å². The number of nitrogens with two attached hydrogens (primary N) is 1. The van der Waals surface area contributed by atoms with Crippen molar-refractivity contribution in [3.05, 3.63) is 24.3 Å². The van der Waals surface area contributed by atoms with Crippen molar-refractivity contribution in [3.63, 3.8) is 0 Å². The molecule has 0 aliphatic carbocycles. The van der Waals surface area contributed by atoms with Crippen LogP contribution in [0.4, 0.5) is 0 Å². The van der Waals surface area contributed by atoms with Crippen molar-refractivity contribution >= 4 is 13.7 Å². The zero-order valence-corrected chi connectivity index (χ0v) is 34.6. The summed E-state index contributed by atoms with van der Waals surface area (Å²) in [6.07, 6.45) is 39.7. The van der Waals surface area contributed by atoms with E-state index in [1.807, 2.05) is 6.08 Å². The van der Waals surface area contributed by atoms with E-state index >= 15 is 0 Å². The molecule has 0 aliphatic rings. The van der Waals surface area contributed by atoms with Crippen molar-refractivity contribution in [3.8, 4) is 0 Å². The summed E-state index contributed by atoms with van der Waals surface area (Å²) in [5.74, 6) is -0.454. The molecular formula is C42H83N2O7P. The number of carbonyl (C=O) groups excluding carboxylic acids is 1. The maximum atomic E-state index is 12.8. The van der Waals surface area contributed by atoms with Crippen molar-refractivity contribution in [2.24, 2.45) is 5.73 Å². The standard InChI is InChI=1S/C42H83N2O7P/c1-3-5-7-9-11-13-15-17-19-20-21-23-25-27-29-31-33-39(45)37-42(47)44-40(38-51-52(48,49)50-36-35-43)41(46)34-32-30-28-26-24-22-18-16-14-12-10-8-6-4-2/h21,23,32,34,39-41,45-46H,3-20,22,24-31,33,35-38,43H2,1-2H3,(H,44,47)(H,48,49)/b23-21-,34-32+. The first-order valence-corrected chi connectivity index (χ1v) is 23.0. The highest BCUT2D eigenvalue weighted by molar-refractivity contribution is 7.47.